The minimum Gasteiger partial charge on any atom is -0.469 e. The summed E-state index contributed by atoms with van der Waals surface area (Å²) in [6.45, 7) is 4.77. The summed E-state index contributed by atoms with van der Waals surface area (Å²) >= 11 is 1.39. The van der Waals surface area contributed by atoms with Crippen molar-refractivity contribution in [1.29, 1.82) is 0 Å². The number of hydrogen-bond donors (Lipinski definition) is 1. The van der Waals surface area contributed by atoms with E-state index in [1.165, 1.54) is 11.8 Å². The summed E-state index contributed by atoms with van der Waals surface area (Å²) in [5, 5.41) is 12.0. The zero-order chi connectivity index (χ0) is 15.9. The lowest BCUT2D eigenvalue weighted by Gasteiger charge is -2.05. The van der Waals surface area contributed by atoms with E-state index in [1.807, 2.05) is 24.6 Å². The van der Waals surface area contributed by atoms with E-state index in [4.69, 9.17) is 4.42 Å². The lowest BCUT2D eigenvalue weighted by molar-refractivity contribution is -0.118. The summed E-state index contributed by atoms with van der Waals surface area (Å²) < 4.78 is 7.18. The van der Waals surface area contributed by atoms with Crippen molar-refractivity contribution in [1.82, 2.24) is 20.1 Å². The topological polar surface area (TPSA) is 73.0 Å². The average Bonchev–Trinajstić information content (AvgIpc) is 3.07. The van der Waals surface area contributed by atoms with Gasteiger partial charge in [0.1, 0.15) is 5.76 Å². The first-order chi connectivity index (χ1) is 10.6. The second-order valence-electron chi connectivity index (χ2n) is 5.10. The van der Waals surface area contributed by atoms with Crippen LogP contribution in [0.15, 0.2) is 21.9 Å². The number of aromatic nitrogens is 3. The number of hydrogen-bond acceptors (Lipinski definition) is 5. The number of carbonyl (C=O) groups excluding carboxylic acids is 1. The Kier molecular flexibility index (Phi) is 6.06. The van der Waals surface area contributed by atoms with Gasteiger partial charge in [-0.2, -0.15) is 0 Å². The molecule has 0 bridgehead atoms. The monoisotopic (exact) mass is 322 g/mol. The van der Waals surface area contributed by atoms with Crippen LogP contribution >= 0.6 is 11.8 Å². The summed E-state index contributed by atoms with van der Waals surface area (Å²) in [7, 11) is 1.89. The van der Waals surface area contributed by atoms with Crippen LogP contribution in [0.3, 0.4) is 0 Å². The molecule has 0 atom stereocenters. The molecule has 2 aromatic rings. The van der Waals surface area contributed by atoms with Gasteiger partial charge in [-0.15, -0.1) is 10.2 Å². The Bertz CT molecular complexity index is 621. The molecule has 120 valence electrons. The predicted molar refractivity (Wildman–Crippen MR) is 86.7 cm³/mol. The minimum atomic E-state index is 0.0325. The standard InChI is InChI=1S/C15H22N4O2S/c1-4-5-6-8-16-13(20)10-22-15-18-17-14(19(15)3)12-7-9-21-11(12)2/h7,9H,4-6,8,10H2,1-3H3,(H,16,20). The molecule has 0 unspecified atom stereocenters. The van der Waals surface area contributed by atoms with Gasteiger partial charge in [0.15, 0.2) is 11.0 Å². The van der Waals surface area contributed by atoms with Gasteiger partial charge in [-0.1, -0.05) is 31.5 Å². The van der Waals surface area contributed by atoms with E-state index in [2.05, 4.69) is 22.4 Å². The third-order valence-corrected chi connectivity index (χ3v) is 4.39. The molecule has 0 saturated heterocycles. The molecule has 2 rings (SSSR count). The van der Waals surface area contributed by atoms with Gasteiger partial charge in [-0.3, -0.25) is 4.79 Å². The van der Waals surface area contributed by atoms with Crippen LogP contribution in [0.4, 0.5) is 0 Å². The van der Waals surface area contributed by atoms with E-state index < -0.39 is 0 Å². The van der Waals surface area contributed by atoms with Crippen LogP contribution in [0.5, 0.6) is 0 Å². The highest BCUT2D eigenvalue weighted by atomic mass is 32.2. The van der Waals surface area contributed by atoms with Crippen LogP contribution in [-0.2, 0) is 11.8 Å². The molecule has 2 heterocycles. The number of thioether (sulfide) groups is 1. The molecular formula is C15H22N4O2S. The first-order valence-corrected chi connectivity index (χ1v) is 8.45. The Labute approximate surface area is 134 Å². The SMILES string of the molecule is CCCCCNC(=O)CSc1nnc(-c2ccoc2C)n1C. The van der Waals surface area contributed by atoms with Gasteiger partial charge in [0, 0.05) is 13.6 Å². The molecule has 7 heteroatoms. The number of carbonyl (C=O) groups is 1. The summed E-state index contributed by atoms with van der Waals surface area (Å²) in [5.74, 6) is 1.94. The fourth-order valence-corrected chi connectivity index (χ4v) is 2.82. The van der Waals surface area contributed by atoms with E-state index >= 15 is 0 Å². The maximum absolute atomic E-state index is 11.8. The minimum absolute atomic E-state index is 0.0325. The van der Waals surface area contributed by atoms with Crippen LogP contribution in [-0.4, -0.2) is 33.0 Å². The van der Waals surface area contributed by atoms with Crippen LogP contribution in [0, 0.1) is 6.92 Å². The predicted octanol–water partition coefficient (Wildman–Crippen LogP) is 2.78. The third kappa shape index (κ3) is 4.13. The highest BCUT2D eigenvalue weighted by molar-refractivity contribution is 7.99. The van der Waals surface area contributed by atoms with Crippen LogP contribution in [0.25, 0.3) is 11.4 Å². The Balaban J connectivity index is 1.88. The second-order valence-corrected chi connectivity index (χ2v) is 6.04. The number of nitrogens with one attached hydrogen (secondary N) is 1. The lowest BCUT2D eigenvalue weighted by atomic mass is 10.2. The number of furan rings is 1. The molecule has 0 spiro atoms. The summed E-state index contributed by atoms with van der Waals surface area (Å²) in [6.07, 6.45) is 4.96. The molecule has 0 aliphatic rings. The van der Waals surface area contributed by atoms with Gasteiger partial charge in [0.05, 0.1) is 17.6 Å². The zero-order valence-electron chi connectivity index (χ0n) is 13.3. The van der Waals surface area contributed by atoms with Crippen molar-refractivity contribution in [2.75, 3.05) is 12.3 Å². The third-order valence-electron chi connectivity index (χ3n) is 3.37. The Morgan fingerprint density at radius 2 is 2.23 bits per heavy atom. The van der Waals surface area contributed by atoms with Crippen molar-refractivity contribution < 1.29 is 9.21 Å². The molecule has 0 aliphatic heterocycles. The highest BCUT2D eigenvalue weighted by Crippen LogP contribution is 2.25. The van der Waals surface area contributed by atoms with Crippen molar-refractivity contribution in [2.24, 2.45) is 7.05 Å². The maximum atomic E-state index is 11.8. The van der Waals surface area contributed by atoms with Crippen LogP contribution in [0.1, 0.15) is 31.9 Å². The first kappa shape index (κ1) is 16.6. The Morgan fingerprint density at radius 1 is 1.41 bits per heavy atom. The Morgan fingerprint density at radius 3 is 2.91 bits per heavy atom. The first-order valence-electron chi connectivity index (χ1n) is 7.46. The van der Waals surface area contributed by atoms with Crippen LogP contribution in [0.2, 0.25) is 0 Å². The van der Waals surface area contributed by atoms with Crippen molar-refractivity contribution in [3.63, 3.8) is 0 Å². The fraction of sp³-hybridized carbons (Fsp3) is 0.533. The molecule has 1 amide bonds. The van der Waals surface area contributed by atoms with Gasteiger partial charge >= 0.3 is 0 Å². The molecule has 1 N–H and O–H groups in total. The van der Waals surface area contributed by atoms with Crippen molar-refractivity contribution >= 4 is 17.7 Å². The van der Waals surface area contributed by atoms with E-state index in [0.29, 0.717) is 5.75 Å². The maximum Gasteiger partial charge on any atom is 0.230 e. The number of nitrogens with zero attached hydrogens (tertiary/aromatic N) is 3. The number of unbranched alkanes of at least 4 members (excludes halogenated alkanes) is 2. The van der Waals surface area contributed by atoms with Gasteiger partial charge in [-0.25, -0.2) is 0 Å². The molecule has 0 aromatic carbocycles. The molecule has 0 saturated carbocycles. The summed E-state index contributed by atoms with van der Waals surface area (Å²) in [5.41, 5.74) is 0.922. The van der Waals surface area contributed by atoms with E-state index in [9.17, 15) is 4.79 Å². The van der Waals surface area contributed by atoms with Gasteiger partial charge in [0.25, 0.3) is 0 Å². The highest BCUT2D eigenvalue weighted by Gasteiger charge is 2.15. The zero-order valence-corrected chi connectivity index (χ0v) is 14.1. The summed E-state index contributed by atoms with van der Waals surface area (Å²) in [4.78, 5) is 11.8. The number of rotatable bonds is 8. The van der Waals surface area contributed by atoms with Gasteiger partial charge in [-0.05, 0) is 19.4 Å². The lowest BCUT2D eigenvalue weighted by Crippen LogP contribution is -2.26. The average molecular weight is 322 g/mol. The van der Waals surface area contributed by atoms with E-state index in [0.717, 1.165) is 48.1 Å². The van der Waals surface area contributed by atoms with Gasteiger partial charge < -0.3 is 14.3 Å². The van der Waals surface area contributed by atoms with E-state index in [1.54, 1.807) is 6.26 Å². The smallest absolute Gasteiger partial charge is 0.230 e. The molecular weight excluding hydrogens is 300 g/mol. The van der Waals surface area contributed by atoms with Gasteiger partial charge in [0.2, 0.25) is 5.91 Å². The molecule has 0 radical (unpaired) electrons. The second kappa shape index (κ2) is 8.03. The largest absolute Gasteiger partial charge is 0.469 e. The molecule has 0 fully saturated rings. The number of aryl methyl sites for hydroxylation is 1. The van der Waals surface area contributed by atoms with Crippen LogP contribution < -0.4 is 5.32 Å². The van der Waals surface area contributed by atoms with Crippen molar-refractivity contribution in [2.45, 2.75) is 38.3 Å². The number of amides is 1. The summed E-state index contributed by atoms with van der Waals surface area (Å²) in [6, 6.07) is 1.87. The molecule has 22 heavy (non-hydrogen) atoms. The molecule has 2 aromatic heterocycles. The Hall–Kier alpha value is -1.76. The fourth-order valence-electron chi connectivity index (χ4n) is 2.08. The van der Waals surface area contributed by atoms with E-state index in [-0.39, 0.29) is 5.91 Å². The van der Waals surface area contributed by atoms with Crippen molar-refractivity contribution in [3.8, 4) is 11.4 Å². The molecule has 6 nitrogen and oxygen atoms in total. The molecule has 0 aliphatic carbocycles. The van der Waals surface area contributed by atoms with Crippen molar-refractivity contribution in [3.05, 3.63) is 18.1 Å². The normalized spacial score (nSPS) is 10.9. The quantitative estimate of drug-likeness (QED) is 0.597.